The van der Waals surface area contributed by atoms with Crippen molar-refractivity contribution in [2.75, 3.05) is 41.0 Å². The predicted octanol–water partition coefficient (Wildman–Crippen LogP) is 5.06. The van der Waals surface area contributed by atoms with Gasteiger partial charge in [-0.1, -0.05) is 71.1 Å². The second kappa shape index (κ2) is 28.8. The van der Waals surface area contributed by atoms with E-state index in [-0.39, 0.29) is 74.4 Å². The molecule has 1 saturated carbocycles. The number of nitrogens with one attached hydrogen (secondary N) is 1. The van der Waals surface area contributed by atoms with Crippen LogP contribution in [0.1, 0.15) is 126 Å². The zero-order chi connectivity index (χ0) is 52.6. The minimum Gasteiger partial charge on any atom is -0.460 e. The Labute approximate surface area is 421 Å². The molecule has 4 rings (SSSR count). The average molecular weight is 1000 g/mol. The van der Waals surface area contributed by atoms with Crippen LogP contribution < -0.4 is 5.32 Å². The zero-order valence-electron chi connectivity index (χ0n) is 44.0. The van der Waals surface area contributed by atoms with E-state index in [1.807, 2.05) is 51.2 Å². The SMILES string of the molecule is CNC(O)OCCOC1C[C@@H]2CC[C@@H](C)[C@@](O)(O2)C(=O)C(=O)N2CCCC[C@H]2C(=O)O[C@H]([C@H](C)C[C@@H]2CC[C@@H](O)[C@H](OC)C2)CC(=O)[C@H](C)/C=C(\C)[C@@H](O)[C@@H](OC)C(=O)[C@H](C)C[C@H](C)/C=C/C=C/C=C/1C. The third kappa shape index (κ3) is 17.0. The van der Waals surface area contributed by atoms with E-state index >= 15 is 0 Å². The molecule has 402 valence electrons. The van der Waals surface area contributed by atoms with Crippen molar-refractivity contribution < 1.29 is 72.8 Å². The summed E-state index contributed by atoms with van der Waals surface area (Å²) in [6.07, 6.45) is 8.99. The molecule has 2 saturated heterocycles. The number of rotatable bonds is 11. The van der Waals surface area contributed by atoms with E-state index in [1.54, 1.807) is 47.9 Å². The Morgan fingerprint density at radius 1 is 0.887 bits per heavy atom. The number of piperidine rings is 1. The molecular weight excluding hydrogens is 917 g/mol. The summed E-state index contributed by atoms with van der Waals surface area (Å²) in [5, 5.41) is 46.5. The van der Waals surface area contributed by atoms with Gasteiger partial charge in [-0.3, -0.25) is 24.5 Å². The van der Waals surface area contributed by atoms with Crippen LogP contribution in [0.4, 0.5) is 0 Å². The Bertz CT molecular complexity index is 1880. The number of carbonyl (C=O) groups is 5. The van der Waals surface area contributed by atoms with E-state index in [0.717, 1.165) is 5.57 Å². The topological polar surface area (TPSA) is 237 Å². The van der Waals surface area contributed by atoms with Crippen LogP contribution in [-0.2, 0) is 52.4 Å². The predicted molar refractivity (Wildman–Crippen MR) is 265 cm³/mol. The van der Waals surface area contributed by atoms with Crippen molar-refractivity contribution >= 4 is 29.2 Å². The number of methoxy groups -OCH3 is 2. The van der Waals surface area contributed by atoms with Crippen molar-refractivity contribution in [3.05, 3.63) is 47.6 Å². The number of ketones is 3. The highest BCUT2D eigenvalue weighted by Gasteiger charge is 2.53. The van der Waals surface area contributed by atoms with Crippen molar-refractivity contribution in [2.45, 2.75) is 186 Å². The number of nitrogens with zero attached hydrogens (tertiary/aromatic N) is 1. The van der Waals surface area contributed by atoms with Crippen molar-refractivity contribution in [3.8, 4) is 0 Å². The molecule has 2 unspecified atom stereocenters. The summed E-state index contributed by atoms with van der Waals surface area (Å²) in [6, 6.07) is -1.18. The first-order chi connectivity index (χ1) is 33.6. The van der Waals surface area contributed by atoms with E-state index in [0.29, 0.717) is 63.4 Å². The minimum atomic E-state index is -2.51. The molecule has 16 atom stereocenters. The van der Waals surface area contributed by atoms with Crippen LogP contribution in [0.2, 0.25) is 0 Å². The fraction of sp³-hybridized carbons (Fsp3) is 0.759. The number of cyclic esters (lactones) is 1. The standard InChI is InChI=1S/C54H86N2O15/c1-32-16-12-11-13-17-33(2)44(68-24-25-69-53(64)55-8)30-40-21-19-38(7)54(65,71-40)50(61)51(62)56-23-15-14-18-41(56)52(63)70-45(35(4)28-39-20-22-42(57)46(29-39)66-9)31-43(58)34(3)27-37(6)48(60)49(67-10)47(59)36(5)26-32/h11-13,16-17,27,32,34-36,38-42,44-46,48-49,53,55,57,60,64-65H,14-15,18-26,28-31H2,1-10H3/b13-11+,16-12+,33-17+,37-27+/t32-,34-,35-,36-,38-,39+,40+,41+,42-,44?,45+,46-,48-,49+,53?,54-/m1/s1. The number of Topliss-reactive ketones (excluding diaryl/α,β-unsaturated/α-hetero) is 3. The monoisotopic (exact) mass is 1000 g/mol. The Kier molecular flexibility index (Phi) is 24.4. The average Bonchev–Trinajstić information content (AvgIpc) is 3.35. The van der Waals surface area contributed by atoms with Gasteiger partial charge in [-0.05, 0) is 114 Å². The number of aliphatic hydroxyl groups excluding tert-OH is 3. The van der Waals surface area contributed by atoms with Crippen molar-refractivity contribution in [2.24, 2.45) is 35.5 Å². The molecule has 71 heavy (non-hydrogen) atoms. The number of esters is 1. The molecule has 0 aromatic carbocycles. The normalized spacial score (nSPS) is 38.5. The number of hydrogen-bond acceptors (Lipinski definition) is 16. The van der Waals surface area contributed by atoms with Crippen LogP contribution in [0.15, 0.2) is 47.6 Å². The van der Waals surface area contributed by atoms with E-state index < -0.39 is 90.3 Å². The smallest absolute Gasteiger partial charge is 0.329 e. The maximum Gasteiger partial charge on any atom is 0.329 e. The fourth-order valence-electron chi connectivity index (χ4n) is 10.5. The largest absolute Gasteiger partial charge is 0.460 e. The van der Waals surface area contributed by atoms with Gasteiger partial charge in [0.15, 0.2) is 5.78 Å². The van der Waals surface area contributed by atoms with E-state index in [9.17, 15) is 44.4 Å². The molecular formula is C54H86N2O15. The number of carbonyl (C=O) groups excluding carboxylic acids is 5. The molecule has 0 aromatic rings. The van der Waals surface area contributed by atoms with Gasteiger partial charge in [0.25, 0.3) is 11.7 Å². The van der Waals surface area contributed by atoms with Crippen LogP contribution in [0.25, 0.3) is 0 Å². The van der Waals surface area contributed by atoms with Crippen LogP contribution in [0.5, 0.6) is 0 Å². The number of hydrogen-bond donors (Lipinski definition) is 5. The van der Waals surface area contributed by atoms with Crippen LogP contribution in [0.3, 0.4) is 0 Å². The van der Waals surface area contributed by atoms with Gasteiger partial charge in [-0.15, -0.1) is 0 Å². The lowest BCUT2D eigenvalue weighted by Gasteiger charge is -2.43. The highest BCUT2D eigenvalue weighted by molar-refractivity contribution is 6.39. The highest BCUT2D eigenvalue weighted by Crippen LogP contribution is 2.38. The maximum atomic E-state index is 14.5. The second-order valence-electron chi connectivity index (χ2n) is 20.7. The summed E-state index contributed by atoms with van der Waals surface area (Å²) < 4.78 is 35.2. The van der Waals surface area contributed by atoms with E-state index in [1.165, 1.54) is 12.0 Å². The van der Waals surface area contributed by atoms with Crippen molar-refractivity contribution in [1.82, 2.24) is 10.2 Å². The molecule has 17 nitrogen and oxygen atoms in total. The molecule has 0 aromatic heterocycles. The summed E-state index contributed by atoms with van der Waals surface area (Å²) in [7, 11) is 4.47. The number of fused-ring (bicyclic) bond motifs is 3. The number of ether oxygens (including phenoxy) is 6. The molecule has 17 heteroatoms. The number of aliphatic hydroxyl groups is 4. The molecule has 3 aliphatic heterocycles. The Morgan fingerprint density at radius 3 is 2.31 bits per heavy atom. The lowest BCUT2D eigenvalue weighted by atomic mass is 9.78. The van der Waals surface area contributed by atoms with E-state index in [2.05, 4.69) is 5.32 Å². The quantitative estimate of drug-likeness (QED) is 0.0598. The first-order valence-corrected chi connectivity index (χ1v) is 25.9. The lowest BCUT2D eigenvalue weighted by Crippen LogP contribution is -2.61. The third-order valence-corrected chi connectivity index (χ3v) is 15.1. The minimum absolute atomic E-state index is 0.0248. The van der Waals surface area contributed by atoms with Gasteiger partial charge in [0, 0.05) is 51.4 Å². The zero-order valence-corrected chi connectivity index (χ0v) is 44.0. The molecule has 1 aliphatic carbocycles. The molecule has 0 radical (unpaired) electrons. The van der Waals surface area contributed by atoms with Gasteiger partial charge in [-0.25, -0.2) is 4.79 Å². The summed E-state index contributed by atoms with van der Waals surface area (Å²) in [5.74, 6) is -8.38. The highest BCUT2D eigenvalue weighted by atomic mass is 16.6. The van der Waals surface area contributed by atoms with Crippen LogP contribution in [0, 0.1) is 35.5 Å². The lowest BCUT2D eigenvalue weighted by molar-refractivity contribution is -0.266. The van der Waals surface area contributed by atoms with E-state index in [4.69, 9.17) is 28.4 Å². The number of allylic oxidation sites excluding steroid dienone is 6. The molecule has 2 bridgehead atoms. The molecule has 1 amide bonds. The molecule has 3 heterocycles. The summed E-state index contributed by atoms with van der Waals surface area (Å²) in [5.41, 5.74) is 1.16. The van der Waals surface area contributed by atoms with Crippen LogP contribution in [-0.4, -0.2) is 157 Å². The molecule has 3 fully saturated rings. The van der Waals surface area contributed by atoms with Gasteiger partial charge < -0.3 is 53.7 Å². The summed E-state index contributed by atoms with van der Waals surface area (Å²) >= 11 is 0. The summed E-state index contributed by atoms with van der Waals surface area (Å²) in [4.78, 5) is 72.4. The van der Waals surface area contributed by atoms with Gasteiger partial charge in [0.1, 0.15) is 30.1 Å². The molecule has 4 aliphatic rings. The first-order valence-electron chi connectivity index (χ1n) is 25.9. The van der Waals surface area contributed by atoms with Gasteiger partial charge in [-0.2, -0.15) is 0 Å². The van der Waals surface area contributed by atoms with Gasteiger partial charge >= 0.3 is 5.97 Å². The van der Waals surface area contributed by atoms with Crippen molar-refractivity contribution in [1.29, 1.82) is 0 Å². The maximum absolute atomic E-state index is 14.5. The molecule has 0 spiro atoms. The second-order valence-corrected chi connectivity index (χ2v) is 20.7. The number of amides is 1. The van der Waals surface area contributed by atoms with Crippen molar-refractivity contribution in [3.63, 3.8) is 0 Å². The Morgan fingerprint density at radius 2 is 1.62 bits per heavy atom. The fourth-order valence-corrected chi connectivity index (χ4v) is 10.5. The Hall–Kier alpha value is -3.49. The third-order valence-electron chi connectivity index (χ3n) is 15.1. The summed E-state index contributed by atoms with van der Waals surface area (Å²) in [6.45, 7) is 12.7. The van der Waals surface area contributed by atoms with Gasteiger partial charge in [0.05, 0.1) is 37.6 Å². The Balaban J connectivity index is 1.72. The van der Waals surface area contributed by atoms with Gasteiger partial charge in [0.2, 0.25) is 12.2 Å². The molecule has 5 N–H and O–H groups in total. The van der Waals surface area contributed by atoms with Crippen LogP contribution >= 0.6 is 0 Å². The first kappa shape index (κ1) is 60.1.